The minimum atomic E-state index is -0.563. The first kappa shape index (κ1) is 28.6. The van der Waals surface area contributed by atoms with Crippen molar-refractivity contribution in [3.8, 4) is 0 Å². The van der Waals surface area contributed by atoms with Crippen LogP contribution in [0.4, 0.5) is 22.0 Å². The number of hydrogen-bond donors (Lipinski definition) is 3. The van der Waals surface area contributed by atoms with Gasteiger partial charge in [0, 0.05) is 36.9 Å². The molecule has 41 heavy (non-hydrogen) atoms. The van der Waals surface area contributed by atoms with Crippen molar-refractivity contribution >= 4 is 35.0 Å². The maximum Gasteiger partial charge on any atom is 0.257 e. The largest absolute Gasteiger partial charge is 0.381 e. The summed E-state index contributed by atoms with van der Waals surface area (Å²) < 4.78 is 22.1. The van der Waals surface area contributed by atoms with Crippen molar-refractivity contribution in [2.45, 2.75) is 70.5 Å². The Labute approximate surface area is 238 Å². The van der Waals surface area contributed by atoms with Crippen LogP contribution in [-0.4, -0.2) is 63.2 Å². The number of aromatic nitrogens is 4. The third-order valence-electron chi connectivity index (χ3n) is 7.52. The van der Waals surface area contributed by atoms with Gasteiger partial charge in [-0.1, -0.05) is 26.8 Å². The number of hydrogen-bond acceptors (Lipinski definition) is 9. The molecule has 3 aromatic rings. The molecule has 0 bridgehead atoms. The fourth-order valence-corrected chi connectivity index (χ4v) is 5.19. The molecule has 12 heteroatoms. The highest BCUT2D eigenvalue weighted by molar-refractivity contribution is 6.20. The lowest BCUT2D eigenvalue weighted by atomic mass is 10.0. The monoisotopic (exact) mass is 564 g/mol. The van der Waals surface area contributed by atoms with Gasteiger partial charge in [0.25, 0.3) is 11.8 Å². The first-order valence-electron chi connectivity index (χ1n) is 14.2. The van der Waals surface area contributed by atoms with E-state index in [1.165, 1.54) is 18.2 Å². The number of rotatable bonds is 9. The molecule has 2 saturated heterocycles. The molecule has 0 radical (unpaired) electrons. The Bertz CT molecular complexity index is 1410. The van der Waals surface area contributed by atoms with E-state index >= 15 is 4.39 Å². The van der Waals surface area contributed by atoms with Crippen LogP contribution in [0.1, 0.15) is 63.0 Å². The molecule has 1 atom stereocenters. The summed E-state index contributed by atoms with van der Waals surface area (Å²) in [4.78, 5) is 36.6. The molecule has 5 rings (SSSR count). The van der Waals surface area contributed by atoms with Crippen LogP contribution in [0.2, 0.25) is 0 Å². The first-order valence-corrected chi connectivity index (χ1v) is 14.2. The minimum Gasteiger partial charge on any atom is -0.381 e. The van der Waals surface area contributed by atoms with Gasteiger partial charge >= 0.3 is 0 Å². The van der Waals surface area contributed by atoms with E-state index in [1.54, 1.807) is 10.7 Å². The van der Waals surface area contributed by atoms with E-state index in [2.05, 4.69) is 46.5 Å². The van der Waals surface area contributed by atoms with Crippen molar-refractivity contribution in [3.63, 3.8) is 0 Å². The zero-order valence-electron chi connectivity index (χ0n) is 23.5. The molecule has 1 aromatic carbocycles. The minimum absolute atomic E-state index is 0.0331. The van der Waals surface area contributed by atoms with Gasteiger partial charge in [-0.05, 0) is 62.4 Å². The van der Waals surface area contributed by atoms with Crippen molar-refractivity contribution < 1.29 is 18.7 Å². The number of nitrogens with zero attached hydrogens (tertiary/aromatic N) is 5. The van der Waals surface area contributed by atoms with Crippen molar-refractivity contribution in [2.24, 2.45) is 0 Å². The number of carbonyl (C=O) groups is 2. The molecule has 218 valence electrons. The molecule has 3 N–H and O–H groups in total. The van der Waals surface area contributed by atoms with Gasteiger partial charge in [-0.15, -0.1) is 0 Å². The standard InChI is InChI=1S/C29H37FN8O3/c1-4-25(39)37(27(40)24-7-5-6-12-31-24)21-8-9-23(30)19(15-21)16-32-29-36-28(34-20-10-13-41-14-11-20)35-26-22(18(2)3)17-33-38(26)29/h4,8-9,15,17-18,20,24,31H,1,5-7,10-14,16H2,2-3H3,(H2,32,34,35,36). The summed E-state index contributed by atoms with van der Waals surface area (Å²) in [6, 6.07) is 3.90. The molecule has 2 amide bonds. The number of ether oxygens (including phenoxy) is 1. The Morgan fingerprint density at radius 2 is 2.05 bits per heavy atom. The quantitative estimate of drug-likeness (QED) is 0.333. The second-order valence-electron chi connectivity index (χ2n) is 10.7. The summed E-state index contributed by atoms with van der Waals surface area (Å²) in [5.74, 6) is -0.389. The van der Waals surface area contributed by atoms with Crippen molar-refractivity contribution in [1.82, 2.24) is 24.9 Å². The number of amides is 2. The van der Waals surface area contributed by atoms with Crippen LogP contribution in [0.3, 0.4) is 0 Å². The molecule has 11 nitrogen and oxygen atoms in total. The molecular weight excluding hydrogens is 527 g/mol. The number of carbonyl (C=O) groups excluding carboxylic acids is 2. The number of benzene rings is 1. The smallest absolute Gasteiger partial charge is 0.257 e. The lowest BCUT2D eigenvalue weighted by Crippen LogP contribution is -2.50. The Morgan fingerprint density at radius 3 is 2.76 bits per heavy atom. The predicted molar refractivity (Wildman–Crippen MR) is 154 cm³/mol. The van der Waals surface area contributed by atoms with Crippen LogP contribution in [-0.2, 0) is 20.9 Å². The van der Waals surface area contributed by atoms with Gasteiger partial charge in [0.15, 0.2) is 5.65 Å². The third-order valence-corrected chi connectivity index (χ3v) is 7.52. The Morgan fingerprint density at radius 1 is 1.24 bits per heavy atom. The van der Waals surface area contributed by atoms with Gasteiger partial charge in [0.2, 0.25) is 11.9 Å². The number of fused-ring (bicyclic) bond motifs is 1. The molecule has 2 fully saturated rings. The predicted octanol–water partition coefficient (Wildman–Crippen LogP) is 3.78. The summed E-state index contributed by atoms with van der Waals surface area (Å²) in [6.07, 6.45) is 7.05. The van der Waals surface area contributed by atoms with Gasteiger partial charge < -0.3 is 20.7 Å². The number of anilines is 3. The third kappa shape index (κ3) is 6.38. The van der Waals surface area contributed by atoms with Crippen LogP contribution in [0, 0.1) is 5.82 Å². The highest BCUT2D eigenvalue weighted by atomic mass is 19.1. The molecule has 2 aliphatic heterocycles. The van der Waals surface area contributed by atoms with Crippen LogP contribution in [0.5, 0.6) is 0 Å². The summed E-state index contributed by atoms with van der Waals surface area (Å²) in [5, 5.41) is 14.3. The lowest BCUT2D eigenvalue weighted by Gasteiger charge is -2.28. The number of halogens is 1. The van der Waals surface area contributed by atoms with Crippen molar-refractivity contribution in [3.05, 3.63) is 54.0 Å². The zero-order chi connectivity index (χ0) is 28.9. The van der Waals surface area contributed by atoms with Crippen LogP contribution in [0.25, 0.3) is 5.65 Å². The highest BCUT2D eigenvalue weighted by Gasteiger charge is 2.30. The second-order valence-corrected chi connectivity index (χ2v) is 10.7. The molecular formula is C29H37FN8O3. The zero-order valence-corrected chi connectivity index (χ0v) is 23.5. The average molecular weight is 565 g/mol. The maximum absolute atomic E-state index is 15.0. The lowest BCUT2D eigenvalue weighted by molar-refractivity contribution is -0.126. The topological polar surface area (TPSA) is 126 Å². The van der Waals surface area contributed by atoms with Gasteiger partial charge in [-0.3, -0.25) is 9.59 Å². The molecule has 2 aromatic heterocycles. The number of nitrogens with one attached hydrogen (secondary N) is 3. The Balaban J connectivity index is 1.43. The number of imide groups is 1. The second kappa shape index (κ2) is 12.7. The maximum atomic E-state index is 15.0. The molecule has 0 aliphatic carbocycles. The molecule has 0 saturated carbocycles. The van der Waals surface area contributed by atoms with E-state index in [0.29, 0.717) is 43.7 Å². The van der Waals surface area contributed by atoms with Crippen LogP contribution < -0.4 is 20.9 Å². The fourth-order valence-electron chi connectivity index (χ4n) is 5.19. The Kier molecular flexibility index (Phi) is 8.89. The van der Waals surface area contributed by atoms with Gasteiger partial charge in [0.05, 0.1) is 17.9 Å². The Hall–Kier alpha value is -3.90. The normalized spacial score (nSPS) is 17.9. The van der Waals surface area contributed by atoms with Crippen molar-refractivity contribution in [2.75, 3.05) is 35.3 Å². The van der Waals surface area contributed by atoms with E-state index in [0.717, 1.165) is 42.2 Å². The van der Waals surface area contributed by atoms with E-state index < -0.39 is 17.8 Å². The molecule has 0 spiro atoms. The SMILES string of the molecule is C=CC(=O)N(C(=O)C1CCCCN1)c1ccc(F)c(CNc2nc(NC3CCOCC3)nc3c(C(C)C)cnn23)c1. The number of piperidine rings is 1. The summed E-state index contributed by atoms with van der Waals surface area (Å²) in [6.45, 7) is 9.78. The van der Waals surface area contributed by atoms with Gasteiger partial charge in [0.1, 0.15) is 5.82 Å². The van der Waals surface area contributed by atoms with Crippen molar-refractivity contribution in [1.29, 1.82) is 0 Å². The highest BCUT2D eigenvalue weighted by Crippen LogP contribution is 2.25. The summed E-state index contributed by atoms with van der Waals surface area (Å²) in [7, 11) is 0. The molecule has 1 unspecified atom stereocenters. The first-order chi connectivity index (χ1) is 19.9. The van der Waals surface area contributed by atoms with Gasteiger partial charge in [-0.2, -0.15) is 19.6 Å². The molecule has 2 aliphatic rings. The van der Waals surface area contributed by atoms with E-state index in [-0.39, 0.29) is 35.7 Å². The van der Waals surface area contributed by atoms with Gasteiger partial charge in [-0.25, -0.2) is 9.29 Å². The van der Waals surface area contributed by atoms with Crippen LogP contribution in [0.15, 0.2) is 37.1 Å². The fraction of sp³-hybridized carbons (Fsp3) is 0.483. The van der Waals surface area contributed by atoms with E-state index in [1.807, 2.05) is 0 Å². The summed E-state index contributed by atoms with van der Waals surface area (Å²) in [5.41, 5.74) is 2.17. The van der Waals surface area contributed by atoms with E-state index in [9.17, 15) is 9.59 Å². The van der Waals surface area contributed by atoms with Crippen LogP contribution >= 0.6 is 0 Å². The molecule has 4 heterocycles. The van der Waals surface area contributed by atoms with E-state index in [4.69, 9.17) is 9.72 Å². The average Bonchev–Trinajstić information content (AvgIpc) is 3.42. The summed E-state index contributed by atoms with van der Waals surface area (Å²) >= 11 is 0.